The molecule has 0 bridgehead atoms. The van der Waals surface area contributed by atoms with Crippen LogP contribution in [0.15, 0.2) is 52.7 Å². The molecule has 2 heterocycles. The summed E-state index contributed by atoms with van der Waals surface area (Å²) in [7, 11) is 0. The van der Waals surface area contributed by atoms with Crippen molar-refractivity contribution in [2.24, 2.45) is 0 Å². The van der Waals surface area contributed by atoms with E-state index in [-0.39, 0.29) is 11.8 Å². The van der Waals surface area contributed by atoms with E-state index in [2.05, 4.69) is 5.32 Å². The molecule has 1 N–H and O–H groups in total. The summed E-state index contributed by atoms with van der Waals surface area (Å²) >= 11 is 8.20. The highest BCUT2D eigenvalue weighted by Crippen LogP contribution is 2.33. The Morgan fingerprint density at radius 1 is 1.20 bits per heavy atom. The second kappa shape index (κ2) is 8.42. The van der Waals surface area contributed by atoms with E-state index in [4.69, 9.17) is 12.2 Å². The van der Waals surface area contributed by atoms with Crippen LogP contribution in [0, 0.1) is 0 Å². The molecule has 0 spiro atoms. The van der Waals surface area contributed by atoms with Crippen LogP contribution in [0.25, 0.3) is 6.08 Å². The van der Waals surface area contributed by atoms with Gasteiger partial charge in [-0.1, -0.05) is 48.2 Å². The Morgan fingerprint density at radius 2 is 2.00 bits per heavy atom. The number of rotatable bonds is 6. The third-order valence-electron chi connectivity index (χ3n) is 3.53. The fraction of sp³-hybridized carbons (Fsp3) is 0.167. The smallest absolute Gasteiger partial charge is 0.266 e. The van der Waals surface area contributed by atoms with Crippen LogP contribution >= 0.6 is 35.3 Å². The average Bonchev–Trinajstić information content (AvgIpc) is 3.19. The number of amides is 2. The van der Waals surface area contributed by atoms with E-state index in [0.717, 1.165) is 10.6 Å². The van der Waals surface area contributed by atoms with Gasteiger partial charge in [0.25, 0.3) is 5.91 Å². The molecule has 1 saturated heterocycles. The van der Waals surface area contributed by atoms with Crippen LogP contribution in [-0.2, 0) is 9.59 Å². The number of thiophene rings is 1. The standard InChI is InChI=1S/C18H16N2O2S3/c21-16(19-13-6-2-1-3-7-13)9-4-10-20-17(22)15(25-18(20)23)12-14-8-5-11-24-14/h1-3,5-8,11-12H,4,9-10H2,(H,19,21)/b15-12+. The Bertz CT molecular complexity index is 801. The summed E-state index contributed by atoms with van der Waals surface area (Å²) in [6.45, 7) is 0.453. The van der Waals surface area contributed by atoms with Crippen molar-refractivity contribution in [3.05, 3.63) is 57.6 Å². The van der Waals surface area contributed by atoms with Crippen molar-refractivity contribution >= 4 is 63.2 Å². The number of thioether (sulfide) groups is 1. The van der Waals surface area contributed by atoms with Gasteiger partial charge in [0.1, 0.15) is 4.32 Å². The zero-order chi connectivity index (χ0) is 17.6. The van der Waals surface area contributed by atoms with Crippen LogP contribution in [-0.4, -0.2) is 27.6 Å². The maximum absolute atomic E-state index is 12.5. The summed E-state index contributed by atoms with van der Waals surface area (Å²) in [4.78, 5) is 27.7. The van der Waals surface area contributed by atoms with Crippen molar-refractivity contribution in [2.45, 2.75) is 12.8 Å². The number of benzene rings is 1. The molecule has 25 heavy (non-hydrogen) atoms. The van der Waals surface area contributed by atoms with E-state index in [1.54, 1.807) is 16.2 Å². The van der Waals surface area contributed by atoms with E-state index >= 15 is 0 Å². The number of nitrogens with one attached hydrogen (secondary N) is 1. The molecule has 1 aromatic heterocycles. The topological polar surface area (TPSA) is 49.4 Å². The van der Waals surface area contributed by atoms with E-state index in [1.165, 1.54) is 11.8 Å². The Kier molecular flexibility index (Phi) is 6.01. The van der Waals surface area contributed by atoms with Crippen LogP contribution in [0.2, 0.25) is 0 Å². The van der Waals surface area contributed by atoms with Crippen molar-refractivity contribution < 1.29 is 9.59 Å². The fourth-order valence-electron chi connectivity index (χ4n) is 2.34. The largest absolute Gasteiger partial charge is 0.326 e. The molecule has 4 nitrogen and oxygen atoms in total. The van der Waals surface area contributed by atoms with Crippen molar-refractivity contribution in [2.75, 3.05) is 11.9 Å². The van der Waals surface area contributed by atoms with Crippen molar-refractivity contribution in [3.63, 3.8) is 0 Å². The van der Waals surface area contributed by atoms with E-state index in [0.29, 0.717) is 28.6 Å². The number of hydrogen-bond donors (Lipinski definition) is 1. The molecule has 1 aromatic carbocycles. The third kappa shape index (κ3) is 4.78. The molecule has 1 aliphatic rings. The van der Waals surface area contributed by atoms with Crippen LogP contribution in [0.1, 0.15) is 17.7 Å². The minimum atomic E-state index is -0.0770. The zero-order valence-electron chi connectivity index (χ0n) is 13.3. The van der Waals surface area contributed by atoms with Gasteiger partial charge < -0.3 is 5.32 Å². The van der Waals surface area contributed by atoms with E-state index in [1.807, 2.05) is 53.9 Å². The molecule has 0 atom stereocenters. The van der Waals surface area contributed by atoms with Gasteiger partial charge in [-0.05, 0) is 36.1 Å². The minimum absolute atomic E-state index is 0.0641. The summed E-state index contributed by atoms with van der Waals surface area (Å²) in [5, 5.41) is 4.81. The normalized spacial score (nSPS) is 15.8. The summed E-state index contributed by atoms with van der Waals surface area (Å²) in [6.07, 6.45) is 2.78. The first-order valence-corrected chi connectivity index (χ1v) is 9.88. The molecular formula is C18H16N2O2S3. The Morgan fingerprint density at radius 3 is 2.72 bits per heavy atom. The highest BCUT2D eigenvalue weighted by Gasteiger charge is 2.31. The number of hydrogen-bond acceptors (Lipinski definition) is 5. The number of carbonyl (C=O) groups is 2. The van der Waals surface area contributed by atoms with Crippen molar-refractivity contribution in [3.8, 4) is 0 Å². The molecule has 1 aliphatic heterocycles. The van der Waals surface area contributed by atoms with Gasteiger partial charge >= 0.3 is 0 Å². The zero-order valence-corrected chi connectivity index (χ0v) is 15.8. The van der Waals surface area contributed by atoms with Crippen LogP contribution < -0.4 is 5.32 Å². The van der Waals surface area contributed by atoms with Crippen LogP contribution in [0.4, 0.5) is 5.69 Å². The Balaban J connectivity index is 1.50. The first-order chi connectivity index (χ1) is 12.1. The molecule has 3 rings (SSSR count). The highest BCUT2D eigenvalue weighted by molar-refractivity contribution is 8.26. The summed E-state index contributed by atoms with van der Waals surface area (Å²) in [5.74, 6) is -0.141. The summed E-state index contributed by atoms with van der Waals surface area (Å²) in [6, 6.07) is 13.2. The number of thiocarbonyl (C=S) groups is 1. The summed E-state index contributed by atoms with van der Waals surface area (Å²) in [5.41, 5.74) is 0.775. The van der Waals surface area contributed by atoms with Crippen molar-refractivity contribution in [1.82, 2.24) is 4.90 Å². The second-order valence-electron chi connectivity index (χ2n) is 5.37. The van der Waals surface area contributed by atoms with Crippen LogP contribution in [0.3, 0.4) is 0 Å². The fourth-order valence-corrected chi connectivity index (χ4v) is 4.37. The predicted molar refractivity (Wildman–Crippen MR) is 109 cm³/mol. The van der Waals surface area contributed by atoms with Crippen LogP contribution in [0.5, 0.6) is 0 Å². The number of para-hydroxylation sites is 1. The summed E-state index contributed by atoms with van der Waals surface area (Å²) < 4.78 is 0.552. The molecule has 0 aliphatic carbocycles. The number of anilines is 1. The van der Waals surface area contributed by atoms with E-state index in [9.17, 15) is 9.59 Å². The van der Waals surface area contributed by atoms with Gasteiger partial charge in [-0.2, -0.15) is 0 Å². The van der Waals surface area contributed by atoms with Gasteiger partial charge in [-0.3, -0.25) is 14.5 Å². The Hall–Kier alpha value is -1.96. The van der Waals surface area contributed by atoms with Crippen molar-refractivity contribution in [1.29, 1.82) is 0 Å². The second-order valence-corrected chi connectivity index (χ2v) is 8.02. The molecule has 0 unspecified atom stereocenters. The molecular weight excluding hydrogens is 372 g/mol. The minimum Gasteiger partial charge on any atom is -0.326 e. The molecule has 0 saturated carbocycles. The number of carbonyl (C=O) groups excluding carboxylic acids is 2. The number of nitrogens with zero attached hydrogens (tertiary/aromatic N) is 1. The Labute approximate surface area is 159 Å². The molecule has 7 heteroatoms. The van der Waals surface area contributed by atoms with Gasteiger partial charge in [0, 0.05) is 23.5 Å². The monoisotopic (exact) mass is 388 g/mol. The molecule has 128 valence electrons. The van der Waals surface area contributed by atoms with Gasteiger partial charge in [0.15, 0.2) is 0 Å². The lowest BCUT2D eigenvalue weighted by Crippen LogP contribution is -2.29. The molecule has 0 radical (unpaired) electrons. The average molecular weight is 389 g/mol. The maximum atomic E-state index is 12.5. The molecule has 2 aromatic rings. The quantitative estimate of drug-likeness (QED) is 0.590. The van der Waals surface area contributed by atoms with Gasteiger partial charge in [-0.15, -0.1) is 11.3 Å². The lowest BCUT2D eigenvalue weighted by Gasteiger charge is -2.14. The first-order valence-electron chi connectivity index (χ1n) is 7.77. The SMILES string of the molecule is O=C(CCCN1C(=O)/C(=C\c2cccs2)SC1=S)Nc1ccccc1. The first kappa shape index (κ1) is 17.8. The molecule has 1 fully saturated rings. The molecule has 2 amide bonds. The lowest BCUT2D eigenvalue weighted by molar-refractivity contribution is -0.122. The van der Waals surface area contributed by atoms with Gasteiger partial charge in [0.05, 0.1) is 4.91 Å². The highest BCUT2D eigenvalue weighted by atomic mass is 32.2. The van der Waals surface area contributed by atoms with E-state index < -0.39 is 0 Å². The third-order valence-corrected chi connectivity index (χ3v) is 5.73. The lowest BCUT2D eigenvalue weighted by atomic mass is 10.2. The predicted octanol–water partition coefficient (Wildman–Crippen LogP) is 4.37. The van der Waals surface area contributed by atoms with Gasteiger partial charge in [-0.25, -0.2) is 0 Å². The maximum Gasteiger partial charge on any atom is 0.266 e. The van der Waals surface area contributed by atoms with Gasteiger partial charge in [0.2, 0.25) is 5.91 Å².